The third kappa shape index (κ3) is 5.90. The minimum Gasteiger partial charge on any atom is -0.475 e. The van der Waals surface area contributed by atoms with Crippen LogP contribution in [0.1, 0.15) is 47.7 Å². The minimum absolute atomic E-state index is 0.0234. The van der Waals surface area contributed by atoms with Crippen LogP contribution < -0.4 is 10.1 Å². The van der Waals surface area contributed by atoms with Gasteiger partial charge < -0.3 is 14.8 Å². The van der Waals surface area contributed by atoms with E-state index in [1.54, 1.807) is 14.0 Å². The lowest BCUT2D eigenvalue weighted by atomic mass is 9.93. The number of hydrogen-bond acceptors (Lipinski definition) is 7. The van der Waals surface area contributed by atoms with E-state index in [-0.39, 0.29) is 28.7 Å². The normalized spacial score (nSPS) is 18.2. The number of fused-ring (bicyclic) bond motifs is 1. The van der Waals surface area contributed by atoms with Gasteiger partial charge in [-0.15, -0.1) is 10.7 Å². The molecule has 4 rings (SSSR count). The third-order valence-corrected chi connectivity index (χ3v) is 7.43. The highest BCUT2D eigenvalue weighted by Crippen LogP contribution is 2.36. The molecule has 1 aliphatic rings. The Morgan fingerprint density at radius 2 is 1.94 bits per heavy atom. The van der Waals surface area contributed by atoms with Gasteiger partial charge in [0.1, 0.15) is 24.1 Å². The zero-order chi connectivity index (χ0) is 24.9. The molecular weight excluding hydrogens is 479 g/mol. The quantitative estimate of drug-likeness (QED) is 0.382. The van der Waals surface area contributed by atoms with Gasteiger partial charge in [0.05, 0.1) is 17.6 Å². The van der Waals surface area contributed by atoms with Crippen molar-refractivity contribution >= 4 is 27.5 Å². The van der Waals surface area contributed by atoms with Crippen LogP contribution in [-0.2, 0) is 22.0 Å². The second kappa shape index (κ2) is 11.3. The maximum Gasteiger partial charge on any atom is 0.266 e. The summed E-state index contributed by atoms with van der Waals surface area (Å²) < 4.78 is 59.9. The van der Waals surface area contributed by atoms with E-state index < -0.39 is 17.8 Å². The Hall–Kier alpha value is -2.79. The molecule has 0 radical (unpaired) electrons. The predicted octanol–water partition coefficient (Wildman–Crippen LogP) is 5.31. The summed E-state index contributed by atoms with van der Waals surface area (Å²) in [6, 6.07) is 5.92. The summed E-state index contributed by atoms with van der Waals surface area (Å²) >= 11 is 0. The summed E-state index contributed by atoms with van der Waals surface area (Å²) in [5.74, 6) is 2.32. The van der Waals surface area contributed by atoms with Crippen molar-refractivity contribution in [2.45, 2.75) is 38.7 Å². The fourth-order valence-electron chi connectivity index (χ4n) is 4.14. The molecule has 35 heavy (non-hydrogen) atoms. The van der Waals surface area contributed by atoms with Gasteiger partial charge in [0, 0.05) is 36.3 Å². The molecule has 11 heteroatoms. The molecule has 0 atom stereocenters. The topological polar surface area (TPSA) is 93.0 Å². The Bertz CT molecular complexity index is 1220. The molecule has 2 aromatic heterocycles. The number of nitrogens with one attached hydrogen (secondary N) is 2. The number of halogens is 3. The lowest BCUT2D eigenvalue weighted by Crippen LogP contribution is -2.18. The van der Waals surface area contributed by atoms with Crippen LogP contribution in [-0.4, -0.2) is 46.8 Å². The highest BCUT2D eigenvalue weighted by Gasteiger charge is 2.24. The first-order valence-corrected chi connectivity index (χ1v) is 12.9. The molecular formula is C24H28F3N5O2S. The SMILES string of the molecule is COCCOc1nc2nc(C)nc(NCc3cccc(C(F)F)c3F)c2cc1C1CCS(=N)CC1. The van der Waals surface area contributed by atoms with Gasteiger partial charge in [0.2, 0.25) is 5.88 Å². The Balaban J connectivity index is 1.70. The van der Waals surface area contributed by atoms with Crippen LogP contribution in [0, 0.1) is 17.5 Å². The molecule has 0 saturated carbocycles. The van der Waals surface area contributed by atoms with Crippen LogP contribution in [0.5, 0.6) is 5.88 Å². The number of ether oxygens (including phenoxy) is 2. The molecule has 0 bridgehead atoms. The van der Waals surface area contributed by atoms with E-state index in [0.717, 1.165) is 36.0 Å². The number of pyridine rings is 1. The Morgan fingerprint density at radius 3 is 2.66 bits per heavy atom. The van der Waals surface area contributed by atoms with Gasteiger partial charge in [0.15, 0.2) is 5.65 Å². The first-order valence-electron chi connectivity index (χ1n) is 11.4. The van der Waals surface area contributed by atoms with Gasteiger partial charge >= 0.3 is 0 Å². The van der Waals surface area contributed by atoms with Crippen molar-refractivity contribution in [2.24, 2.45) is 0 Å². The van der Waals surface area contributed by atoms with E-state index in [4.69, 9.17) is 14.3 Å². The summed E-state index contributed by atoms with van der Waals surface area (Å²) in [5.41, 5.74) is 0.843. The average Bonchev–Trinajstić information content (AvgIpc) is 2.83. The average molecular weight is 508 g/mol. The van der Waals surface area contributed by atoms with Crippen molar-refractivity contribution in [1.82, 2.24) is 15.0 Å². The van der Waals surface area contributed by atoms with Crippen molar-refractivity contribution in [1.29, 1.82) is 4.78 Å². The van der Waals surface area contributed by atoms with E-state index >= 15 is 0 Å². The van der Waals surface area contributed by atoms with E-state index in [9.17, 15) is 13.2 Å². The van der Waals surface area contributed by atoms with Crippen LogP contribution in [0.2, 0.25) is 0 Å². The molecule has 3 aromatic rings. The molecule has 1 aliphatic heterocycles. The summed E-state index contributed by atoms with van der Waals surface area (Å²) in [5, 5.41) is 3.74. The molecule has 188 valence electrons. The smallest absolute Gasteiger partial charge is 0.266 e. The number of methoxy groups -OCH3 is 1. The van der Waals surface area contributed by atoms with Crippen molar-refractivity contribution in [2.75, 3.05) is 37.1 Å². The lowest BCUT2D eigenvalue weighted by molar-refractivity contribution is 0.143. The zero-order valence-electron chi connectivity index (χ0n) is 19.6. The molecule has 1 aromatic carbocycles. The highest BCUT2D eigenvalue weighted by molar-refractivity contribution is 7.86. The minimum atomic E-state index is -2.89. The van der Waals surface area contributed by atoms with Crippen molar-refractivity contribution < 1.29 is 22.6 Å². The van der Waals surface area contributed by atoms with E-state index in [1.807, 2.05) is 6.07 Å². The standard InChI is InChI=1S/C24H28F3N5O2S/c1-14-30-22(29-13-16-4-3-5-17(20(16)25)21(26)27)19-12-18(15-6-10-35(28)11-7-15)24(32-23(19)31-14)34-9-8-33-2/h3-5,12,15,21,28H,6-11,13H2,1-2H3,(H,29,30,31,32). The van der Waals surface area contributed by atoms with Crippen molar-refractivity contribution in [3.8, 4) is 5.88 Å². The fraction of sp³-hybridized carbons (Fsp3) is 0.458. The molecule has 0 amide bonds. The van der Waals surface area contributed by atoms with Crippen LogP contribution in [0.25, 0.3) is 11.0 Å². The second-order valence-electron chi connectivity index (χ2n) is 8.36. The van der Waals surface area contributed by atoms with Gasteiger partial charge in [0.25, 0.3) is 6.43 Å². The van der Waals surface area contributed by atoms with Gasteiger partial charge in [-0.3, -0.25) is 4.78 Å². The monoisotopic (exact) mass is 507 g/mol. The van der Waals surface area contributed by atoms with Crippen molar-refractivity contribution in [3.63, 3.8) is 0 Å². The van der Waals surface area contributed by atoms with E-state index in [0.29, 0.717) is 41.8 Å². The number of nitrogens with zero attached hydrogens (tertiary/aromatic N) is 3. The molecule has 0 aliphatic carbocycles. The van der Waals surface area contributed by atoms with Gasteiger partial charge in [-0.1, -0.05) is 18.2 Å². The van der Waals surface area contributed by atoms with Crippen LogP contribution in [0.4, 0.5) is 19.0 Å². The largest absolute Gasteiger partial charge is 0.475 e. The number of rotatable bonds is 9. The number of alkyl halides is 2. The molecule has 1 fully saturated rings. The molecule has 0 spiro atoms. The first-order chi connectivity index (χ1) is 16.9. The Morgan fingerprint density at radius 1 is 1.17 bits per heavy atom. The van der Waals surface area contributed by atoms with E-state index in [1.165, 1.54) is 12.1 Å². The number of benzene rings is 1. The lowest BCUT2D eigenvalue weighted by Gasteiger charge is -2.25. The summed E-state index contributed by atoms with van der Waals surface area (Å²) in [6.07, 6.45) is -1.16. The maximum atomic E-state index is 14.6. The number of aryl methyl sites for hydroxylation is 1. The Kier molecular flexibility index (Phi) is 8.17. The second-order valence-corrected chi connectivity index (χ2v) is 10.2. The van der Waals surface area contributed by atoms with Crippen LogP contribution in [0.15, 0.2) is 24.3 Å². The van der Waals surface area contributed by atoms with Gasteiger partial charge in [-0.05, 0) is 31.7 Å². The molecule has 1 saturated heterocycles. The van der Waals surface area contributed by atoms with Gasteiger partial charge in [-0.25, -0.2) is 23.1 Å². The summed E-state index contributed by atoms with van der Waals surface area (Å²) in [6.45, 7) is 2.45. The molecule has 2 N–H and O–H groups in total. The fourth-order valence-corrected chi connectivity index (χ4v) is 5.48. The van der Waals surface area contributed by atoms with Crippen molar-refractivity contribution in [3.05, 3.63) is 52.6 Å². The number of anilines is 1. The van der Waals surface area contributed by atoms with E-state index in [2.05, 4.69) is 20.3 Å². The molecule has 0 unspecified atom stereocenters. The first kappa shape index (κ1) is 25.3. The number of hydrogen-bond donors (Lipinski definition) is 2. The Labute approximate surface area is 204 Å². The summed E-state index contributed by atoms with van der Waals surface area (Å²) in [4.78, 5) is 13.6. The number of aromatic nitrogens is 3. The van der Waals surface area contributed by atoms with Crippen LogP contribution >= 0.6 is 0 Å². The predicted molar refractivity (Wildman–Crippen MR) is 130 cm³/mol. The highest BCUT2D eigenvalue weighted by atomic mass is 32.2. The zero-order valence-corrected chi connectivity index (χ0v) is 20.4. The molecule has 7 nitrogen and oxygen atoms in total. The third-order valence-electron chi connectivity index (χ3n) is 5.97. The van der Waals surface area contributed by atoms with Gasteiger partial charge in [-0.2, -0.15) is 4.98 Å². The van der Waals surface area contributed by atoms with Crippen LogP contribution in [0.3, 0.4) is 0 Å². The summed E-state index contributed by atoms with van der Waals surface area (Å²) in [7, 11) is 1.28. The molecule has 3 heterocycles. The maximum absolute atomic E-state index is 14.6.